The Morgan fingerprint density at radius 1 is 0.615 bits per heavy atom. The Morgan fingerprint density at radius 2 is 0.885 bits per heavy atom. The quantitative estimate of drug-likeness (QED) is 0.199. The number of carbonyl (C=O) groups is 4. The van der Waals surface area contributed by atoms with Crippen LogP contribution in [0, 0.1) is 0 Å². The highest BCUT2D eigenvalue weighted by atomic mass is 28.2. The molecule has 0 spiro atoms. The second-order valence-electron chi connectivity index (χ2n) is 5.41. The van der Waals surface area contributed by atoms with Crippen molar-refractivity contribution in [2.24, 2.45) is 0 Å². The molecule has 0 saturated carbocycles. The Labute approximate surface area is 158 Å². The molecule has 4 radical (unpaired) electrons. The highest BCUT2D eigenvalue weighted by Crippen LogP contribution is 2.09. The first-order valence-corrected chi connectivity index (χ1v) is 11.1. The van der Waals surface area contributed by atoms with Crippen LogP contribution in [0.2, 0.25) is 24.2 Å². The van der Waals surface area contributed by atoms with Gasteiger partial charge in [-0.25, -0.2) is 0 Å². The van der Waals surface area contributed by atoms with E-state index in [1.165, 1.54) is 27.7 Å². The molecule has 0 aliphatic carbocycles. The summed E-state index contributed by atoms with van der Waals surface area (Å²) in [6, 6.07) is 2.90. The molecular weight excluding hydrogens is 376 g/mol. The number of ether oxygens (including phenoxy) is 4. The van der Waals surface area contributed by atoms with Gasteiger partial charge in [0.25, 0.3) is 0 Å². The second-order valence-corrected chi connectivity index (χ2v) is 8.23. The van der Waals surface area contributed by atoms with Crippen molar-refractivity contribution in [3.8, 4) is 0 Å². The zero-order valence-corrected chi connectivity index (χ0v) is 17.7. The van der Waals surface area contributed by atoms with Crippen LogP contribution < -0.4 is 0 Å². The molecular formula is C16H26O8Si2. The summed E-state index contributed by atoms with van der Waals surface area (Å²) in [6.45, 7) is 5.11. The van der Waals surface area contributed by atoms with E-state index in [1.807, 2.05) is 0 Å². The monoisotopic (exact) mass is 402 g/mol. The molecule has 0 aromatic carbocycles. The van der Waals surface area contributed by atoms with Gasteiger partial charge >= 0.3 is 23.9 Å². The van der Waals surface area contributed by atoms with Crippen molar-refractivity contribution >= 4 is 42.9 Å². The van der Waals surface area contributed by atoms with E-state index in [0.29, 0.717) is 31.1 Å². The fraction of sp³-hybridized carbons (Fsp3) is 0.750. The number of unbranched alkanes of at least 4 members (excludes halogenated alkanes) is 1. The summed E-state index contributed by atoms with van der Waals surface area (Å²) in [5, 5.41) is 0. The smallest absolute Gasteiger partial charge is 0.305 e. The van der Waals surface area contributed by atoms with Gasteiger partial charge in [-0.1, -0.05) is 24.9 Å². The summed E-state index contributed by atoms with van der Waals surface area (Å²) in [7, 11) is 1.04. The maximum absolute atomic E-state index is 11.0. The zero-order valence-electron chi connectivity index (χ0n) is 15.7. The molecule has 146 valence electrons. The molecule has 0 aromatic heterocycles. The molecule has 0 aromatic rings. The maximum atomic E-state index is 11.0. The van der Waals surface area contributed by atoms with E-state index in [-0.39, 0.29) is 0 Å². The third-order valence-electron chi connectivity index (χ3n) is 2.77. The Balaban J connectivity index is 3.83. The van der Waals surface area contributed by atoms with Gasteiger partial charge < -0.3 is 18.9 Å². The Hall–Kier alpha value is -1.69. The summed E-state index contributed by atoms with van der Waals surface area (Å²) in [5.41, 5.74) is 0. The minimum absolute atomic E-state index is 0.475. The van der Waals surface area contributed by atoms with Crippen LogP contribution in [0.15, 0.2) is 0 Å². The van der Waals surface area contributed by atoms with Gasteiger partial charge in [0.1, 0.15) is 0 Å². The van der Waals surface area contributed by atoms with Gasteiger partial charge in [0.2, 0.25) is 12.6 Å². The molecule has 0 bridgehead atoms. The number of hydrogen-bond donors (Lipinski definition) is 0. The highest BCUT2D eigenvalue weighted by molar-refractivity contribution is 6.36. The first kappa shape index (κ1) is 24.3. The Bertz CT molecular complexity index is 395. The highest BCUT2D eigenvalue weighted by Gasteiger charge is 2.16. The lowest BCUT2D eigenvalue weighted by Crippen LogP contribution is -2.24. The third kappa shape index (κ3) is 15.8. The van der Waals surface area contributed by atoms with Gasteiger partial charge in [-0.15, -0.1) is 0 Å². The summed E-state index contributed by atoms with van der Waals surface area (Å²) in [4.78, 5) is 43.8. The molecule has 0 amide bonds. The average Bonchev–Trinajstić information content (AvgIpc) is 2.47. The second kappa shape index (κ2) is 14.5. The van der Waals surface area contributed by atoms with Crippen molar-refractivity contribution in [3.05, 3.63) is 0 Å². The number of carbonyl (C=O) groups excluding carboxylic acids is 4. The van der Waals surface area contributed by atoms with E-state index in [9.17, 15) is 19.2 Å². The Morgan fingerprint density at radius 3 is 1.12 bits per heavy atom. The lowest BCUT2D eigenvalue weighted by molar-refractivity contribution is -0.183. The summed E-state index contributed by atoms with van der Waals surface area (Å²) in [5.74, 6) is -1.90. The van der Waals surface area contributed by atoms with Gasteiger partial charge in [-0.2, -0.15) is 0 Å². The van der Waals surface area contributed by atoms with E-state index >= 15 is 0 Å². The van der Waals surface area contributed by atoms with Crippen LogP contribution in [0.4, 0.5) is 0 Å². The molecule has 0 rings (SSSR count). The summed E-state index contributed by atoms with van der Waals surface area (Å²) in [6.07, 6.45) is 0.366. The maximum Gasteiger partial charge on any atom is 0.305 e. The lowest BCUT2D eigenvalue weighted by Gasteiger charge is -2.16. The van der Waals surface area contributed by atoms with E-state index in [0.717, 1.165) is 24.9 Å². The summed E-state index contributed by atoms with van der Waals surface area (Å²) >= 11 is 0. The fourth-order valence-electron chi connectivity index (χ4n) is 1.90. The van der Waals surface area contributed by atoms with Crippen LogP contribution in [0.1, 0.15) is 40.5 Å². The molecule has 0 atom stereocenters. The van der Waals surface area contributed by atoms with Gasteiger partial charge in [0, 0.05) is 58.8 Å². The summed E-state index contributed by atoms with van der Waals surface area (Å²) < 4.78 is 19.8. The molecule has 0 N–H and O–H groups in total. The molecule has 0 aliphatic rings. The minimum atomic E-state index is -0.807. The molecule has 26 heavy (non-hydrogen) atoms. The molecule has 0 saturated heterocycles. The molecule has 0 heterocycles. The number of rotatable bonds is 13. The lowest BCUT2D eigenvalue weighted by atomic mass is 10.4. The van der Waals surface area contributed by atoms with E-state index in [2.05, 4.69) is 0 Å². The van der Waals surface area contributed by atoms with Crippen LogP contribution in [0.5, 0.6) is 0 Å². The van der Waals surface area contributed by atoms with Crippen LogP contribution in [0.25, 0.3) is 0 Å². The van der Waals surface area contributed by atoms with E-state index in [4.69, 9.17) is 18.9 Å². The predicted molar refractivity (Wildman–Crippen MR) is 94.6 cm³/mol. The van der Waals surface area contributed by atoms with Crippen molar-refractivity contribution in [1.82, 2.24) is 0 Å². The van der Waals surface area contributed by atoms with Crippen LogP contribution in [0.3, 0.4) is 0 Å². The van der Waals surface area contributed by atoms with Gasteiger partial charge in [0.05, 0.1) is 0 Å². The van der Waals surface area contributed by atoms with E-state index < -0.39 is 36.5 Å². The normalized spacial score (nSPS) is 10.5. The minimum Gasteiger partial charge on any atom is -0.426 e. The van der Waals surface area contributed by atoms with Gasteiger partial charge in [-0.3, -0.25) is 19.2 Å². The zero-order chi connectivity index (χ0) is 19.9. The first-order valence-electron chi connectivity index (χ1n) is 8.31. The fourth-order valence-corrected chi connectivity index (χ4v) is 4.11. The Kier molecular flexibility index (Phi) is 13.5. The van der Waals surface area contributed by atoms with Crippen molar-refractivity contribution in [2.45, 2.75) is 77.3 Å². The standard InChI is InChI=1S/C16H26O8Si2/c1-11(17)21-15(22-12(2)18)9-25-7-5-6-8-26-10-16(23-13(3)19)24-14(4)20/h15-16H,5-10H2,1-4H3. The molecule has 0 aliphatic heterocycles. The SMILES string of the molecule is CC(=O)OC(C[Si]CCCC[Si]CC(OC(C)=O)OC(C)=O)OC(C)=O. The molecule has 0 fully saturated rings. The number of hydrogen-bond acceptors (Lipinski definition) is 8. The van der Waals surface area contributed by atoms with Crippen molar-refractivity contribution in [1.29, 1.82) is 0 Å². The van der Waals surface area contributed by atoms with Crippen LogP contribution in [-0.2, 0) is 38.1 Å². The largest absolute Gasteiger partial charge is 0.426 e. The molecule has 10 heteroatoms. The van der Waals surface area contributed by atoms with Gasteiger partial charge in [0.15, 0.2) is 0 Å². The van der Waals surface area contributed by atoms with Crippen LogP contribution in [-0.4, -0.2) is 55.5 Å². The van der Waals surface area contributed by atoms with Crippen LogP contribution >= 0.6 is 0 Å². The van der Waals surface area contributed by atoms with Crippen molar-refractivity contribution in [2.75, 3.05) is 0 Å². The third-order valence-corrected chi connectivity index (χ3v) is 5.43. The average molecular weight is 403 g/mol. The molecule has 8 nitrogen and oxygen atoms in total. The van der Waals surface area contributed by atoms with E-state index in [1.54, 1.807) is 0 Å². The molecule has 0 unspecified atom stereocenters. The van der Waals surface area contributed by atoms with Gasteiger partial charge in [-0.05, 0) is 0 Å². The first-order chi connectivity index (χ1) is 12.2. The van der Waals surface area contributed by atoms with Crippen molar-refractivity contribution in [3.63, 3.8) is 0 Å². The number of esters is 4. The predicted octanol–water partition coefficient (Wildman–Crippen LogP) is 1.75. The topological polar surface area (TPSA) is 105 Å². The van der Waals surface area contributed by atoms with Crippen molar-refractivity contribution < 1.29 is 38.1 Å².